The molecule has 2 heterocycles. The Bertz CT molecular complexity index is 1250. The SMILES string of the molecule is CSCCCCn1/c(=N/C(=O)c2cccc(C(F)F)c2)[nH]c2cc(N3CCOCC3=O)ccc21. The van der Waals surface area contributed by atoms with E-state index >= 15 is 0 Å². The van der Waals surface area contributed by atoms with Gasteiger partial charge in [0.1, 0.15) is 6.61 Å². The first-order valence-corrected chi connectivity index (χ1v) is 12.4. The number of hydrogen-bond acceptors (Lipinski definition) is 4. The molecule has 1 fully saturated rings. The number of imidazole rings is 1. The number of carbonyl (C=O) groups excluding carboxylic acids is 2. The number of aryl methyl sites for hydroxylation is 1. The number of nitrogens with zero attached hydrogens (tertiary/aromatic N) is 3. The van der Waals surface area contributed by atoms with Crippen LogP contribution in [0, 0.1) is 0 Å². The number of aromatic nitrogens is 2. The fourth-order valence-corrected chi connectivity index (χ4v) is 4.41. The summed E-state index contributed by atoms with van der Waals surface area (Å²) in [5.41, 5.74) is 2.54. The summed E-state index contributed by atoms with van der Waals surface area (Å²) in [5.74, 6) is 0.314. The number of carbonyl (C=O) groups is 2. The van der Waals surface area contributed by atoms with E-state index in [0.717, 1.165) is 35.3 Å². The van der Waals surface area contributed by atoms with Crippen LogP contribution in [0.3, 0.4) is 0 Å². The molecule has 3 aromatic rings. The molecule has 0 unspecified atom stereocenters. The van der Waals surface area contributed by atoms with E-state index in [2.05, 4.69) is 16.2 Å². The lowest BCUT2D eigenvalue weighted by molar-refractivity contribution is -0.125. The van der Waals surface area contributed by atoms with Gasteiger partial charge in [0.25, 0.3) is 18.2 Å². The molecule has 0 bridgehead atoms. The molecule has 4 rings (SSSR count). The number of amides is 2. The topological polar surface area (TPSA) is 79.7 Å². The van der Waals surface area contributed by atoms with Crippen LogP contribution in [0.2, 0.25) is 0 Å². The van der Waals surface area contributed by atoms with Gasteiger partial charge >= 0.3 is 0 Å². The molecule has 0 saturated carbocycles. The third-order valence-electron chi connectivity index (χ3n) is 5.64. The average molecular weight is 489 g/mol. The summed E-state index contributed by atoms with van der Waals surface area (Å²) in [4.78, 5) is 34.2. The van der Waals surface area contributed by atoms with Crippen LogP contribution >= 0.6 is 11.8 Å². The molecule has 34 heavy (non-hydrogen) atoms. The van der Waals surface area contributed by atoms with E-state index in [1.807, 2.05) is 22.8 Å². The first-order chi connectivity index (χ1) is 16.5. The van der Waals surface area contributed by atoms with E-state index < -0.39 is 12.3 Å². The molecule has 1 saturated heterocycles. The van der Waals surface area contributed by atoms with Crippen LogP contribution in [0.25, 0.3) is 11.0 Å². The number of nitrogens with one attached hydrogen (secondary N) is 1. The zero-order valence-corrected chi connectivity index (χ0v) is 19.6. The number of H-pyrrole nitrogens is 1. The molecule has 180 valence electrons. The lowest BCUT2D eigenvalue weighted by Crippen LogP contribution is -2.41. The number of thioether (sulfide) groups is 1. The Labute approximate surface area is 199 Å². The largest absolute Gasteiger partial charge is 0.370 e. The summed E-state index contributed by atoms with van der Waals surface area (Å²) >= 11 is 1.77. The van der Waals surface area contributed by atoms with Crippen molar-refractivity contribution in [2.24, 2.45) is 4.99 Å². The summed E-state index contributed by atoms with van der Waals surface area (Å²) < 4.78 is 33.3. The monoisotopic (exact) mass is 488 g/mol. The van der Waals surface area contributed by atoms with E-state index in [4.69, 9.17) is 4.74 Å². The summed E-state index contributed by atoms with van der Waals surface area (Å²) in [6.07, 6.45) is 1.29. The van der Waals surface area contributed by atoms with Gasteiger partial charge in [-0.15, -0.1) is 0 Å². The highest BCUT2D eigenvalue weighted by atomic mass is 32.2. The van der Waals surface area contributed by atoms with Gasteiger partial charge in [0, 0.05) is 29.9 Å². The predicted molar refractivity (Wildman–Crippen MR) is 128 cm³/mol. The van der Waals surface area contributed by atoms with Gasteiger partial charge in [-0.25, -0.2) is 8.78 Å². The number of alkyl halides is 2. The van der Waals surface area contributed by atoms with Crippen molar-refractivity contribution >= 4 is 40.3 Å². The first kappa shape index (κ1) is 24.2. The lowest BCUT2D eigenvalue weighted by atomic mass is 10.1. The third kappa shape index (κ3) is 5.39. The van der Waals surface area contributed by atoms with Gasteiger partial charge in [0.05, 0.1) is 17.6 Å². The van der Waals surface area contributed by atoms with Crippen LogP contribution in [-0.2, 0) is 16.1 Å². The van der Waals surface area contributed by atoms with Crippen LogP contribution in [0.4, 0.5) is 14.5 Å². The molecule has 10 heteroatoms. The number of anilines is 1. The Hall–Kier alpha value is -2.98. The molecule has 1 aromatic heterocycles. The van der Waals surface area contributed by atoms with Crippen LogP contribution < -0.4 is 10.5 Å². The summed E-state index contributed by atoms with van der Waals surface area (Å²) in [7, 11) is 0. The molecule has 0 spiro atoms. The van der Waals surface area contributed by atoms with Crippen molar-refractivity contribution in [1.29, 1.82) is 0 Å². The lowest BCUT2D eigenvalue weighted by Gasteiger charge is -2.26. The minimum atomic E-state index is -2.66. The van der Waals surface area contributed by atoms with E-state index in [1.54, 1.807) is 16.7 Å². The average Bonchev–Trinajstić information content (AvgIpc) is 3.18. The Morgan fingerprint density at radius 3 is 2.85 bits per heavy atom. The quantitative estimate of drug-likeness (QED) is 0.483. The van der Waals surface area contributed by atoms with Crippen LogP contribution in [0.15, 0.2) is 47.5 Å². The second-order valence-corrected chi connectivity index (χ2v) is 8.93. The molecule has 7 nitrogen and oxygen atoms in total. The Kier molecular flexibility index (Phi) is 7.79. The number of rotatable bonds is 8. The predicted octanol–water partition coefficient (Wildman–Crippen LogP) is 4.15. The fourth-order valence-electron chi connectivity index (χ4n) is 3.92. The number of fused-ring (bicyclic) bond motifs is 1. The van der Waals surface area contributed by atoms with Gasteiger partial charge < -0.3 is 19.2 Å². The number of ether oxygens (including phenoxy) is 1. The number of hydrogen-bond donors (Lipinski definition) is 1. The van der Waals surface area contributed by atoms with E-state index in [-0.39, 0.29) is 23.6 Å². The molecule has 1 aliphatic heterocycles. The second-order valence-electron chi connectivity index (χ2n) is 7.94. The molecule has 0 radical (unpaired) electrons. The van der Waals surface area contributed by atoms with Gasteiger partial charge in [-0.2, -0.15) is 16.8 Å². The highest BCUT2D eigenvalue weighted by molar-refractivity contribution is 7.98. The van der Waals surface area contributed by atoms with Crippen molar-refractivity contribution in [3.05, 3.63) is 59.2 Å². The number of morpholine rings is 1. The first-order valence-electron chi connectivity index (χ1n) is 11.0. The summed E-state index contributed by atoms with van der Waals surface area (Å²) in [5, 5.41) is 0. The van der Waals surface area contributed by atoms with Crippen molar-refractivity contribution in [3.63, 3.8) is 0 Å². The number of halogens is 2. The maximum absolute atomic E-state index is 13.1. The zero-order valence-electron chi connectivity index (χ0n) is 18.8. The Morgan fingerprint density at radius 1 is 1.24 bits per heavy atom. The molecular formula is C24H26F2N4O3S. The maximum atomic E-state index is 13.1. The summed E-state index contributed by atoms with van der Waals surface area (Å²) in [6, 6.07) is 11.0. The molecule has 2 amide bonds. The van der Waals surface area contributed by atoms with Gasteiger partial charge in [0.2, 0.25) is 5.62 Å². The molecular weight excluding hydrogens is 462 g/mol. The Morgan fingerprint density at radius 2 is 2.09 bits per heavy atom. The van der Waals surface area contributed by atoms with Gasteiger partial charge in [0.15, 0.2) is 0 Å². The summed E-state index contributed by atoms with van der Waals surface area (Å²) in [6.45, 7) is 1.62. The Balaban J connectivity index is 1.73. The van der Waals surface area contributed by atoms with Gasteiger partial charge in [-0.05, 0) is 55.2 Å². The minimum absolute atomic E-state index is 0.0466. The number of aromatic amines is 1. The van der Waals surface area contributed by atoms with E-state index in [0.29, 0.717) is 25.3 Å². The van der Waals surface area contributed by atoms with Gasteiger partial charge in [-0.3, -0.25) is 9.59 Å². The third-order valence-corrected chi connectivity index (χ3v) is 6.34. The van der Waals surface area contributed by atoms with Gasteiger partial charge in [-0.1, -0.05) is 12.1 Å². The van der Waals surface area contributed by atoms with Crippen molar-refractivity contribution in [1.82, 2.24) is 9.55 Å². The fraction of sp³-hybridized carbons (Fsp3) is 0.375. The van der Waals surface area contributed by atoms with Crippen molar-refractivity contribution in [3.8, 4) is 0 Å². The standard InChI is InChI=1S/C24H26F2N4O3S/c1-34-12-3-2-9-30-20-8-7-18(29-10-11-33-15-21(29)31)14-19(20)27-24(30)28-23(32)17-6-4-5-16(13-17)22(25)26/h4-8,13-14,22H,2-3,9-12,15H2,1H3,(H,27,28,32). The van der Waals surface area contributed by atoms with Crippen molar-refractivity contribution < 1.29 is 23.1 Å². The van der Waals surface area contributed by atoms with Crippen LogP contribution in [0.5, 0.6) is 0 Å². The van der Waals surface area contributed by atoms with Crippen molar-refractivity contribution in [2.45, 2.75) is 25.8 Å². The zero-order chi connectivity index (χ0) is 24.1. The van der Waals surface area contributed by atoms with E-state index in [1.165, 1.54) is 24.3 Å². The highest BCUT2D eigenvalue weighted by Crippen LogP contribution is 2.23. The molecule has 2 aromatic carbocycles. The molecule has 1 aliphatic rings. The van der Waals surface area contributed by atoms with Crippen LogP contribution in [-0.4, -0.2) is 53.1 Å². The minimum Gasteiger partial charge on any atom is -0.370 e. The maximum Gasteiger partial charge on any atom is 0.280 e. The van der Waals surface area contributed by atoms with E-state index in [9.17, 15) is 18.4 Å². The van der Waals surface area contributed by atoms with Crippen LogP contribution in [0.1, 0.15) is 35.2 Å². The molecule has 0 atom stereocenters. The van der Waals surface area contributed by atoms with Crippen molar-refractivity contribution in [2.75, 3.05) is 36.7 Å². The molecule has 0 aliphatic carbocycles. The highest BCUT2D eigenvalue weighted by Gasteiger charge is 2.21. The second kappa shape index (κ2) is 11.0. The number of benzene rings is 2. The number of unbranched alkanes of at least 4 members (excludes halogenated alkanes) is 1. The normalized spacial score (nSPS) is 15.0. The molecule has 1 N–H and O–H groups in total. The smallest absolute Gasteiger partial charge is 0.280 e.